The van der Waals surface area contributed by atoms with Gasteiger partial charge in [0.1, 0.15) is 11.9 Å². The van der Waals surface area contributed by atoms with Crippen LogP contribution in [-0.2, 0) is 17.7 Å². The van der Waals surface area contributed by atoms with E-state index >= 15 is 0 Å². The molecule has 0 bridgehead atoms. The lowest BCUT2D eigenvalue weighted by atomic mass is 9.96. The van der Waals surface area contributed by atoms with Crippen LogP contribution in [0.15, 0.2) is 33.9 Å². The largest absolute Gasteiger partial charge is 0.390 e. The molecule has 1 atom stereocenters. The topological polar surface area (TPSA) is 76.7 Å². The number of amides is 1. The first-order valence-electron chi connectivity index (χ1n) is 8.76. The van der Waals surface area contributed by atoms with Crippen molar-refractivity contribution < 1.29 is 14.2 Å². The minimum Gasteiger partial charge on any atom is -0.390 e. The summed E-state index contributed by atoms with van der Waals surface area (Å²) in [5.41, 5.74) is 4.58. The first kappa shape index (κ1) is 15.9. The van der Waals surface area contributed by atoms with Gasteiger partial charge in [-0.15, -0.1) is 0 Å². The van der Waals surface area contributed by atoms with Crippen molar-refractivity contribution in [2.75, 3.05) is 6.54 Å². The lowest BCUT2D eigenvalue weighted by Crippen LogP contribution is -2.33. The number of carbonyl (C=O) groups is 1. The second kappa shape index (κ2) is 6.70. The van der Waals surface area contributed by atoms with Crippen molar-refractivity contribution >= 4 is 11.6 Å². The lowest BCUT2D eigenvalue weighted by Gasteiger charge is -2.11. The summed E-state index contributed by atoms with van der Waals surface area (Å²) >= 11 is 0. The Kier molecular flexibility index (Phi) is 4.26. The van der Waals surface area contributed by atoms with Gasteiger partial charge in [-0.25, -0.2) is 0 Å². The summed E-state index contributed by atoms with van der Waals surface area (Å²) in [7, 11) is 0. The van der Waals surface area contributed by atoms with Crippen molar-refractivity contribution in [3.8, 4) is 0 Å². The van der Waals surface area contributed by atoms with Gasteiger partial charge in [0.05, 0.1) is 12.3 Å². The van der Waals surface area contributed by atoms with E-state index in [2.05, 4.69) is 34.7 Å². The molecule has 0 saturated heterocycles. The average Bonchev–Trinajstić information content (AvgIpc) is 3.27. The Morgan fingerprint density at radius 3 is 2.88 bits per heavy atom. The van der Waals surface area contributed by atoms with Gasteiger partial charge < -0.3 is 14.7 Å². The molecule has 1 amide bonds. The van der Waals surface area contributed by atoms with Gasteiger partial charge in [0.25, 0.3) is 5.91 Å². The van der Waals surface area contributed by atoms with E-state index in [1.54, 1.807) is 0 Å². The fourth-order valence-corrected chi connectivity index (χ4v) is 3.31. The average molecular weight is 339 g/mol. The molecule has 6 heteroatoms. The number of aromatic nitrogens is 1. The second-order valence-corrected chi connectivity index (χ2v) is 6.69. The van der Waals surface area contributed by atoms with Crippen LogP contribution in [0.5, 0.6) is 0 Å². The predicted molar refractivity (Wildman–Crippen MR) is 92.7 cm³/mol. The van der Waals surface area contributed by atoms with Gasteiger partial charge >= 0.3 is 0 Å². The molecule has 6 nitrogen and oxygen atoms in total. The molecule has 0 fully saturated rings. The first-order valence-corrected chi connectivity index (χ1v) is 8.76. The quantitative estimate of drug-likeness (QED) is 0.929. The van der Waals surface area contributed by atoms with Gasteiger partial charge in [-0.2, -0.15) is 0 Å². The minimum absolute atomic E-state index is 0.150. The van der Waals surface area contributed by atoms with Crippen molar-refractivity contribution in [3.63, 3.8) is 0 Å². The molecule has 1 unspecified atom stereocenters. The molecule has 2 aromatic rings. The molecular weight excluding hydrogens is 318 g/mol. The molecule has 0 radical (unpaired) electrons. The highest BCUT2D eigenvalue weighted by Gasteiger charge is 2.26. The minimum atomic E-state index is -0.195. The number of oxime groups is 1. The van der Waals surface area contributed by atoms with Crippen molar-refractivity contribution in [3.05, 3.63) is 52.4 Å². The van der Waals surface area contributed by atoms with E-state index in [0.717, 1.165) is 48.3 Å². The summed E-state index contributed by atoms with van der Waals surface area (Å²) in [5, 5.41) is 11.0. The number of carbonyl (C=O) groups excluding carboxylic acids is 1. The van der Waals surface area contributed by atoms with E-state index in [0.29, 0.717) is 18.7 Å². The Morgan fingerprint density at radius 2 is 2.04 bits per heavy atom. The highest BCUT2D eigenvalue weighted by molar-refractivity contribution is 6.01. The van der Waals surface area contributed by atoms with Crippen LogP contribution in [0.4, 0.5) is 0 Å². The number of rotatable bonds is 4. The Hall–Kier alpha value is -2.63. The standard InChI is InChI=1S/C19H21N3O3/c1-12-6-8-13(9-7-12)16-10-14(24-21-16)11-20-19(23)18-15-4-2-3-5-17(15)25-22-18/h6-9,14H,2-5,10-11H2,1H3,(H,20,23). The number of hydrogen-bond donors (Lipinski definition) is 1. The third-order valence-electron chi connectivity index (χ3n) is 4.77. The van der Waals surface area contributed by atoms with Crippen LogP contribution in [0.2, 0.25) is 0 Å². The molecule has 1 aliphatic heterocycles. The maximum atomic E-state index is 12.4. The molecule has 2 aliphatic rings. The van der Waals surface area contributed by atoms with E-state index in [1.165, 1.54) is 5.56 Å². The van der Waals surface area contributed by atoms with Crippen molar-refractivity contribution in [2.45, 2.75) is 45.1 Å². The molecule has 1 N–H and O–H groups in total. The molecule has 130 valence electrons. The summed E-state index contributed by atoms with van der Waals surface area (Å²) in [6, 6.07) is 8.20. The number of nitrogens with one attached hydrogen (secondary N) is 1. The highest BCUT2D eigenvalue weighted by Crippen LogP contribution is 2.24. The van der Waals surface area contributed by atoms with Gasteiger partial charge in [-0.3, -0.25) is 4.79 Å². The number of hydrogen-bond acceptors (Lipinski definition) is 5. The lowest BCUT2D eigenvalue weighted by molar-refractivity contribution is 0.0749. The normalized spacial score (nSPS) is 19.1. The smallest absolute Gasteiger partial charge is 0.273 e. The molecule has 1 aromatic heterocycles. The predicted octanol–water partition coefficient (Wildman–Crippen LogP) is 2.78. The summed E-state index contributed by atoms with van der Waals surface area (Å²) in [6.45, 7) is 2.46. The number of fused-ring (bicyclic) bond motifs is 1. The van der Waals surface area contributed by atoms with E-state index in [-0.39, 0.29) is 12.0 Å². The Morgan fingerprint density at radius 1 is 1.24 bits per heavy atom. The highest BCUT2D eigenvalue weighted by atomic mass is 16.6. The Balaban J connectivity index is 1.33. The van der Waals surface area contributed by atoms with Crippen LogP contribution in [0.25, 0.3) is 0 Å². The summed E-state index contributed by atoms with van der Waals surface area (Å²) in [5.74, 6) is 0.665. The summed E-state index contributed by atoms with van der Waals surface area (Å²) in [4.78, 5) is 17.9. The molecule has 0 saturated carbocycles. The third kappa shape index (κ3) is 3.29. The Labute approximate surface area is 146 Å². The maximum Gasteiger partial charge on any atom is 0.273 e. The van der Waals surface area contributed by atoms with E-state index in [4.69, 9.17) is 9.36 Å². The number of aryl methyl sites for hydroxylation is 2. The van der Waals surface area contributed by atoms with Crippen molar-refractivity contribution in [2.24, 2.45) is 5.16 Å². The van der Waals surface area contributed by atoms with Crippen molar-refractivity contribution in [1.82, 2.24) is 10.5 Å². The van der Waals surface area contributed by atoms with Gasteiger partial charge in [-0.1, -0.05) is 40.1 Å². The summed E-state index contributed by atoms with van der Waals surface area (Å²) in [6.07, 6.45) is 4.44. The maximum absolute atomic E-state index is 12.4. The van der Waals surface area contributed by atoms with Crippen LogP contribution < -0.4 is 5.32 Å². The van der Waals surface area contributed by atoms with Crippen LogP contribution in [0.3, 0.4) is 0 Å². The monoisotopic (exact) mass is 339 g/mol. The Bertz CT molecular complexity index is 808. The zero-order chi connectivity index (χ0) is 17.2. The zero-order valence-corrected chi connectivity index (χ0v) is 14.2. The fraction of sp³-hybridized carbons (Fsp3) is 0.421. The van der Waals surface area contributed by atoms with Gasteiger partial charge in [0, 0.05) is 18.4 Å². The van der Waals surface area contributed by atoms with E-state index in [1.807, 2.05) is 12.1 Å². The van der Waals surface area contributed by atoms with Crippen LogP contribution in [0.1, 0.15) is 52.2 Å². The van der Waals surface area contributed by atoms with E-state index < -0.39 is 0 Å². The van der Waals surface area contributed by atoms with Crippen LogP contribution >= 0.6 is 0 Å². The molecule has 2 heterocycles. The van der Waals surface area contributed by atoms with Gasteiger partial charge in [0.15, 0.2) is 5.69 Å². The molecule has 4 rings (SSSR count). The molecule has 1 aromatic carbocycles. The molecular formula is C19H21N3O3. The number of nitrogens with zero attached hydrogens (tertiary/aromatic N) is 2. The first-order chi connectivity index (χ1) is 12.2. The van der Waals surface area contributed by atoms with Gasteiger partial charge in [0.2, 0.25) is 0 Å². The molecule has 1 aliphatic carbocycles. The van der Waals surface area contributed by atoms with Crippen LogP contribution in [-0.4, -0.2) is 29.4 Å². The molecule has 25 heavy (non-hydrogen) atoms. The zero-order valence-electron chi connectivity index (χ0n) is 14.2. The number of benzene rings is 1. The fourth-order valence-electron chi connectivity index (χ4n) is 3.31. The van der Waals surface area contributed by atoms with E-state index in [9.17, 15) is 4.79 Å². The van der Waals surface area contributed by atoms with Gasteiger partial charge in [-0.05, 0) is 31.7 Å². The third-order valence-corrected chi connectivity index (χ3v) is 4.77. The van der Waals surface area contributed by atoms with Crippen molar-refractivity contribution in [1.29, 1.82) is 0 Å². The summed E-state index contributed by atoms with van der Waals surface area (Å²) < 4.78 is 5.30. The SMILES string of the molecule is Cc1ccc(C2=NOC(CNC(=O)c3noc4c3CCCC4)C2)cc1. The second-order valence-electron chi connectivity index (χ2n) is 6.69. The van der Waals surface area contributed by atoms with Crippen LogP contribution in [0, 0.1) is 6.92 Å². The molecule has 0 spiro atoms.